The summed E-state index contributed by atoms with van der Waals surface area (Å²) in [6, 6.07) is 27.9. The van der Waals surface area contributed by atoms with Gasteiger partial charge in [0.15, 0.2) is 0 Å². The molecular weight excluding hydrogens is 443 g/mol. The molecule has 1 aliphatic rings. The van der Waals surface area contributed by atoms with E-state index in [1.807, 2.05) is 26.0 Å². The van der Waals surface area contributed by atoms with E-state index in [0.29, 0.717) is 0 Å². The van der Waals surface area contributed by atoms with E-state index in [1.54, 1.807) is 6.08 Å². The van der Waals surface area contributed by atoms with Crippen molar-refractivity contribution in [3.05, 3.63) is 126 Å². The quantitative estimate of drug-likeness (QED) is 0.210. The van der Waals surface area contributed by atoms with Crippen LogP contribution in [0.2, 0.25) is 0 Å². The topological polar surface area (TPSA) is 52.0 Å². The maximum atomic E-state index is 5.96. The summed E-state index contributed by atoms with van der Waals surface area (Å²) in [5, 5.41) is 1.36. The third-order valence-electron chi connectivity index (χ3n) is 6.25. The highest BCUT2D eigenvalue weighted by molar-refractivity contribution is 7.22. The molecule has 0 saturated heterocycles. The SMILES string of the molecule is C=CCCN.CC.CC(C1=CC=C(P)CC1)(c1ccc(N)cc1)c1ccc(-c2ccccc2)cc1. The molecule has 35 heavy (non-hydrogen) atoms. The number of benzene rings is 3. The molecule has 2 nitrogen and oxygen atoms in total. The Kier molecular flexibility index (Phi) is 11.7. The molecule has 184 valence electrons. The van der Waals surface area contributed by atoms with Crippen molar-refractivity contribution in [1.82, 2.24) is 0 Å². The number of nitrogens with two attached hydrogens (primary N) is 2. The second-order valence-electron chi connectivity index (χ2n) is 8.49. The lowest BCUT2D eigenvalue weighted by molar-refractivity contribution is 0.633. The Bertz CT molecular complexity index is 1100. The molecule has 0 aliphatic heterocycles. The van der Waals surface area contributed by atoms with Crippen LogP contribution in [0.25, 0.3) is 11.1 Å². The van der Waals surface area contributed by atoms with Crippen LogP contribution in [0.3, 0.4) is 0 Å². The first-order valence-electron chi connectivity index (χ1n) is 12.5. The van der Waals surface area contributed by atoms with Crippen molar-refractivity contribution < 1.29 is 0 Å². The molecule has 0 aromatic heterocycles. The zero-order valence-electron chi connectivity index (χ0n) is 21.5. The highest BCUT2D eigenvalue weighted by Gasteiger charge is 2.33. The van der Waals surface area contributed by atoms with Crippen LogP contribution in [0.4, 0.5) is 5.69 Å². The molecule has 0 bridgehead atoms. The van der Waals surface area contributed by atoms with Gasteiger partial charge in [-0.05, 0) is 67.1 Å². The molecule has 0 amide bonds. The molecule has 3 aromatic rings. The summed E-state index contributed by atoms with van der Waals surface area (Å²) in [5.74, 6) is 0. The summed E-state index contributed by atoms with van der Waals surface area (Å²) >= 11 is 0. The van der Waals surface area contributed by atoms with Crippen molar-refractivity contribution in [2.45, 2.75) is 45.4 Å². The standard InChI is InChI=1S/C26H26NP.C4H9N.C2H6/c1-26(22-11-15-24(27)16-12-22,23-13-17-25(28)18-14-23)21-9-7-20(8-10-21)19-5-3-2-4-6-19;1-2-3-4-5;1-2/h2-13,15-17H,14,18,27-28H2,1H3;2H,1,3-5H2;1-2H3. The van der Waals surface area contributed by atoms with Crippen LogP contribution in [0.15, 0.2) is 115 Å². The number of anilines is 1. The number of nitrogen functional groups attached to an aromatic ring is 1. The number of rotatable bonds is 6. The number of hydrogen-bond donors (Lipinski definition) is 2. The molecule has 4 rings (SSSR count). The van der Waals surface area contributed by atoms with E-state index < -0.39 is 0 Å². The monoisotopic (exact) mass is 484 g/mol. The summed E-state index contributed by atoms with van der Waals surface area (Å²) < 4.78 is 0. The van der Waals surface area contributed by atoms with Crippen molar-refractivity contribution in [2.24, 2.45) is 5.73 Å². The summed E-state index contributed by atoms with van der Waals surface area (Å²) in [6.07, 6.45) is 9.42. The molecule has 4 N–H and O–H groups in total. The second-order valence-corrected chi connectivity index (χ2v) is 9.23. The van der Waals surface area contributed by atoms with Crippen LogP contribution in [0.5, 0.6) is 0 Å². The lowest BCUT2D eigenvalue weighted by Crippen LogP contribution is -2.27. The molecule has 0 spiro atoms. The third-order valence-corrected chi connectivity index (χ3v) is 6.73. The van der Waals surface area contributed by atoms with Gasteiger partial charge in [-0.3, -0.25) is 0 Å². The Balaban J connectivity index is 0.000000551. The van der Waals surface area contributed by atoms with E-state index in [2.05, 4.69) is 102 Å². The van der Waals surface area contributed by atoms with Crippen molar-refractivity contribution in [2.75, 3.05) is 12.3 Å². The molecule has 0 fully saturated rings. The van der Waals surface area contributed by atoms with Crippen LogP contribution < -0.4 is 11.5 Å². The van der Waals surface area contributed by atoms with Crippen molar-refractivity contribution in [1.29, 1.82) is 0 Å². The molecule has 2 unspecified atom stereocenters. The van der Waals surface area contributed by atoms with Crippen LogP contribution in [0, 0.1) is 0 Å². The van der Waals surface area contributed by atoms with Crippen LogP contribution in [-0.4, -0.2) is 6.54 Å². The molecule has 2 atom stereocenters. The highest BCUT2D eigenvalue weighted by Crippen LogP contribution is 2.43. The van der Waals surface area contributed by atoms with Crippen LogP contribution in [0.1, 0.15) is 51.2 Å². The maximum Gasteiger partial charge on any atom is 0.0386 e. The Labute approximate surface area is 215 Å². The average molecular weight is 485 g/mol. The molecule has 0 radical (unpaired) electrons. The van der Waals surface area contributed by atoms with E-state index >= 15 is 0 Å². The van der Waals surface area contributed by atoms with Gasteiger partial charge in [0, 0.05) is 11.1 Å². The Morgan fingerprint density at radius 1 is 0.829 bits per heavy atom. The molecule has 0 saturated carbocycles. The first kappa shape index (κ1) is 28.3. The maximum absolute atomic E-state index is 5.96. The minimum atomic E-state index is -0.176. The third kappa shape index (κ3) is 7.52. The Hall–Kier alpha value is -2.93. The van der Waals surface area contributed by atoms with Crippen LogP contribution >= 0.6 is 9.24 Å². The van der Waals surface area contributed by atoms with Gasteiger partial charge in [0.2, 0.25) is 0 Å². The zero-order valence-corrected chi connectivity index (χ0v) is 22.7. The molecule has 0 heterocycles. The predicted octanol–water partition coefficient (Wildman–Crippen LogP) is 8.27. The van der Waals surface area contributed by atoms with Gasteiger partial charge in [0.25, 0.3) is 0 Å². The van der Waals surface area contributed by atoms with E-state index in [-0.39, 0.29) is 5.41 Å². The van der Waals surface area contributed by atoms with Gasteiger partial charge in [0.05, 0.1) is 0 Å². The summed E-state index contributed by atoms with van der Waals surface area (Å²) in [7, 11) is 2.85. The van der Waals surface area contributed by atoms with Crippen molar-refractivity contribution in [3.63, 3.8) is 0 Å². The smallest absolute Gasteiger partial charge is 0.0386 e. The Morgan fingerprint density at radius 3 is 1.83 bits per heavy atom. The molecule has 3 aromatic carbocycles. The first-order chi connectivity index (χ1) is 17.0. The zero-order chi connectivity index (χ0) is 25.7. The van der Waals surface area contributed by atoms with Gasteiger partial charge in [-0.25, -0.2) is 0 Å². The summed E-state index contributed by atoms with van der Waals surface area (Å²) in [5.41, 5.74) is 18.2. The average Bonchev–Trinajstić information content (AvgIpc) is 2.92. The molecule has 3 heteroatoms. The van der Waals surface area contributed by atoms with Gasteiger partial charge in [0.1, 0.15) is 0 Å². The van der Waals surface area contributed by atoms with Gasteiger partial charge >= 0.3 is 0 Å². The fraction of sp³-hybridized carbons (Fsp3) is 0.250. The second kappa shape index (κ2) is 14.5. The summed E-state index contributed by atoms with van der Waals surface area (Å²) in [6.45, 7) is 10.5. The first-order valence-corrected chi connectivity index (χ1v) is 13.1. The molecular formula is C32H41N2P. The molecule has 1 aliphatic carbocycles. The van der Waals surface area contributed by atoms with E-state index in [9.17, 15) is 0 Å². The lowest BCUT2D eigenvalue weighted by Gasteiger charge is -2.35. The minimum absolute atomic E-state index is 0.176. The van der Waals surface area contributed by atoms with Gasteiger partial charge < -0.3 is 11.5 Å². The van der Waals surface area contributed by atoms with Crippen LogP contribution in [-0.2, 0) is 5.41 Å². The van der Waals surface area contributed by atoms with Gasteiger partial charge in [-0.1, -0.05) is 110 Å². The van der Waals surface area contributed by atoms with Gasteiger partial charge in [-0.15, -0.1) is 15.8 Å². The normalized spacial score (nSPS) is 14.1. The fourth-order valence-corrected chi connectivity index (χ4v) is 4.41. The Morgan fingerprint density at radius 2 is 1.37 bits per heavy atom. The van der Waals surface area contributed by atoms with E-state index in [1.165, 1.54) is 33.1 Å². The largest absolute Gasteiger partial charge is 0.399 e. The van der Waals surface area contributed by atoms with Crippen molar-refractivity contribution >= 4 is 14.9 Å². The lowest BCUT2D eigenvalue weighted by atomic mass is 9.68. The number of hydrogen-bond acceptors (Lipinski definition) is 2. The predicted molar refractivity (Wildman–Crippen MR) is 160 cm³/mol. The highest BCUT2D eigenvalue weighted by atomic mass is 31.0. The minimum Gasteiger partial charge on any atom is -0.399 e. The number of allylic oxidation sites excluding steroid dienone is 4. The van der Waals surface area contributed by atoms with E-state index in [0.717, 1.165) is 31.5 Å². The summed E-state index contributed by atoms with van der Waals surface area (Å²) in [4.78, 5) is 0. The van der Waals surface area contributed by atoms with E-state index in [4.69, 9.17) is 11.5 Å². The van der Waals surface area contributed by atoms with Gasteiger partial charge in [-0.2, -0.15) is 0 Å². The fourth-order valence-electron chi connectivity index (χ4n) is 4.17. The van der Waals surface area contributed by atoms with Crippen molar-refractivity contribution in [3.8, 4) is 11.1 Å².